The number of rotatable bonds is 4. The predicted octanol–water partition coefficient (Wildman–Crippen LogP) is 0.926. The van der Waals surface area contributed by atoms with Crippen molar-refractivity contribution in [3.63, 3.8) is 0 Å². The summed E-state index contributed by atoms with van der Waals surface area (Å²) < 4.78 is 10.7. The molecule has 2 atom stereocenters. The summed E-state index contributed by atoms with van der Waals surface area (Å²) in [5, 5.41) is 2.70. The van der Waals surface area contributed by atoms with Gasteiger partial charge in [-0.2, -0.15) is 0 Å². The van der Waals surface area contributed by atoms with Gasteiger partial charge in [-0.3, -0.25) is 4.79 Å². The molecule has 1 unspecified atom stereocenters. The molecule has 1 aromatic carbocycles. The van der Waals surface area contributed by atoms with Gasteiger partial charge in [0.2, 0.25) is 12.1 Å². The molecule has 0 bridgehead atoms. The number of para-hydroxylation sites is 1. The van der Waals surface area contributed by atoms with Gasteiger partial charge in [-0.05, 0) is 12.1 Å². The maximum Gasteiger partial charge on any atom is 0.219 e. The van der Waals surface area contributed by atoms with E-state index in [9.17, 15) is 4.79 Å². The first-order valence-corrected chi connectivity index (χ1v) is 4.86. The lowest BCUT2D eigenvalue weighted by Crippen LogP contribution is -2.41. The zero-order valence-corrected chi connectivity index (χ0v) is 8.47. The third-order valence-electron chi connectivity index (χ3n) is 2.05. The molecule has 4 nitrogen and oxygen atoms in total. The van der Waals surface area contributed by atoms with Crippen LogP contribution in [0.2, 0.25) is 0 Å². The Bertz CT molecular complexity index is 335. The number of ether oxygens (including phenoxy) is 2. The van der Waals surface area contributed by atoms with Crippen LogP contribution in [0.3, 0.4) is 0 Å². The third-order valence-corrected chi connectivity index (χ3v) is 2.05. The molecule has 0 radical (unpaired) electrons. The van der Waals surface area contributed by atoms with E-state index < -0.39 is 0 Å². The molecule has 1 aliphatic rings. The minimum absolute atomic E-state index is 0.0193. The van der Waals surface area contributed by atoms with E-state index in [0.29, 0.717) is 6.61 Å². The Hall–Kier alpha value is -1.55. The Labute approximate surface area is 88.2 Å². The van der Waals surface area contributed by atoms with Crippen molar-refractivity contribution < 1.29 is 14.3 Å². The number of hydrogen-bond donors (Lipinski definition) is 1. The highest BCUT2D eigenvalue weighted by atomic mass is 16.6. The highest BCUT2D eigenvalue weighted by molar-refractivity contribution is 5.73. The Balaban J connectivity index is 1.97. The van der Waals surface area contributed by atoms with Gasteiger partial charge in [0.15, 0.2) is 0 Å². The number of benzene rings is 1. The summed E-state index contributed by atoms with van der Waals surface area (Å²) in [7, 11) is 0. The van der Waals surface area contributed by atoms with Gasteiger partial charge in [0.05, 0.1) is 6.61 Å². The standard InChI is InChI=1S/C11H13NO3/c1-8(13)12-11(10-7-14-10)15-9-5-3-2-4-6-9/h2-6,10-11H,7H2,1H3,(H,12,13)/t10-,11?/m0/s1. The van der Waals surface area contributed by atoms with E-state index in [4.69, 9.17) is 9.47 Å². The number of carbonyl (C=O) groups excluding carboxylic acids is 1. The number of nitrogens with one attached hydrogen (secondary N) is 1. The van der Waals surface area contributed by atoms with Gasteiger partial charge in [-0.25, -0.2) is 0 Å². The van der Waals surface area contributed by atoms with Crippen LogP contribution < -0.4 is 10.1 Å². The van der Waals surface area contributed by atoms with Crippen LogP contribution in [0.5, 0.6) is 5.75 Å². The van der Waals surface area contributed by atoms with Gasteiger partial charge in [0.25, 0.3) is 0 Å². The van der Waals surface area contributed by atoms with E-state index in [1.54, 1.807) is 0 Å². The topological polar surface area (TPSA) is 50.9 Å². The Morgan fingerprint density at radius 3 is 2.73 bits per heavy atom. The van der Waals surface area contributed by atoms with E-state index in [-0.39, 0.29) is 18.2 Å². The van der Waals surface area contributed by atoms with E-state index in [1.165, 1.54) is 6.92 Å². The zero-order valence-electron chi connectivity index (χ0n) is 8.47. The number of epoxide rings is 1. The monoisotopic (exact) mass is 207 g/mol. The normalized spacial score (nSPS) is 20.5. The van der Waals surface area contributed by atoms with Crippen LogP contribution in [0.25, 0.3) is 0 Å². The van der Waals surface area contributed by atoms with Crippen molar-refractivity contribution in [2.45, 2.75) is 19.3 Å². The zero-order chi connectivity index (χ0) is 10.7. The van der Waals surface area contributed by atoms with Gasteiger partial charge in [-0.1, -0.05) is 18.2 Å². The fourth-order valence-electron chi connectivity index (χ4n) is 1.27. The molecule has 15 heavy (non-hydrogen) atoms. The number of hydrogen-bond acceptors (Lipinski definition) is 3. The number of carbonyl (C=O) groups is 1. The van der Waals surface area contributed by atoms with Gasteiger partial charge >= 0.3 is 0 Å². The van der Waals surface area contributed by atoms with Crippen molar-refractivity contribution in [1.82, 2.24) is 5.32 Å². The van der Waals surface area contributed by atoms with E-state index in [1.807, 2.05) is 30.3 Å². The molecule has 1 heterocycles. The van der Waals surface area contributed by atoms with Gasteiger partial charge in [0, 0.05) is 6.92 Å². The molecule has 80 valence electrons. The molecule has 1 amide bonds. The first-order valence-electron chi connectivity index (χ1n) is 4.86. The van der Waals surface area contributed by atoms with Crippen LogP contribution in [0.4, 0.5) is 0 Å². The third kappa shape index (κ3) is 2.95. The lowest BCUT2D eigenvalue weighted by atomic mass is 10.3. The molecule has 2 rings (SSSR count). The molecule has 0 aliphatic carbocycles. The van der Waals surface area contributed by atoms with Crippen LogP contribution in [0.1, 0.15) is 6.92 Å². The first-order chi connectivity index (χ1) is 7.25. The fraction of sp³-hybridized carbons (Fsp3) is 0.364. The van der Waals surface area contributed by atoms with Crippen LogP contribution in [0.15, 0.2) is 30.3 Å². The van der Waals surface area contributed by atoms with Crippen LogP contribution in [0, 0.1) is 0 Å². The van der Waals surface area contributed by atoms with Crippen molar-refractivity contribution in [1.29, 1.82) is 0 Å². The molecule has 1 aromatic rings. The average molecular weight is 207 g/mol. The second-order valence-electron chi connectivity index (χ2n) is 3.42. The maximum absolute atomic E-state index is 10.9. The maximum atomic E-state index is 10.9. The van der Waals surface area contributed by atoms with Gasteiger partial charge < -0.3 is 14.8 Å². The highest BCUT2D eigenvalue weighted by Crippen LogP contribution is 2.18. The van der Waals surface area contributed by atoms with E-state index in [0.717, 1.165) is 5.75 Å². The fourth-order valence-corrected chi connectivity index (χ4v) is 1.27. The highest BCUT2D eigenvalue weighted by Gasteiger charge is 2.35. The summed E-state index contributed by atoms with van der Waals surface area (Å²) in [5.41, 5.74) is 0. The minimum atomic E-state index is -0.384. The SMILES string of the molecule is CC(=O)NC(Oc1ccccc1)[C@@H]1CO1. The summed E-state index contributed by atoms with van der Waals surface area (Å²) in [6.45, 7) is 2.10. The minimum Gasteiger partial charge on any atom is -0.468 e. The van der Waals surface area contributed by atoms with Crippen LogP contribution in [-0.4, -0.2) is 24.8 Å². The van der Waals surface area contributed by atoms with Crippen LogP contribution in [-0.2, 0) is 9.53 Å². The quantitative estimate of drug-likeness (QED) is 0.590. The van der Waals surface area contributed by atoms with Gasteiger partial charge in [0.1, 0.15) is 11.9 Å². The molecule has 1 saturated heterocycles. The Kier molecular flexibility index (Phi) is 2.87. The lowest BCUT2D eigenvalue weighted by Gasteiger charge is -2.17. The summed E-state index contributed by atoms with van der Waals surface area (Å²) in [4.78, 5) is 10.9. The summed E-state index contributed by atoms with van der Waals surface area (Å²) in [6, 6.07) is 9.37. The Morgan fingerprint density at radius 2 is 2.20 bits per heavy atom. The largest absolute Gasteiger partial charge is 0.468 e. The molecule has 0 aromatic heterocycles. The Morgan fingerprint density at radius 1 is 1.53 bits per heavy atom. The first kappa shape index (κ1) is 9.98. The second-order valence-corrected chi connectivity index (χ2v) is 3.42. The van der Waals surface area contributed by atoms with Crippen molar-refractivity contribution in [3.05, 3.63) is 30.3 Å². The summed E-state index contributed by atoms with van der Waals surface area (Å²) >= 11 is 0. The van der Waals surface area contributed by atoms with Crippen LogP contribution >= 0.6 is 0 Å². The van der Waals surface area contributed by atoms with Crippen molar-refractivity contribution >= 4 is 5.91 Å². The number of amides is 1. The molecule has 1 fully saturated rings. The molecular formula is C11H13NO3. The van der Waals surface area contributed by atoms with Gasteiger partial charge in [-0.15, -0.1) is 0 Å². The van der Waals surface area contributed by atoms with E-state index >= 15 is 0 Å². The molecule has 1 N–H and O–H groups in total. The van der Waals surface area contributed by atoms with Crippen molar-refractivity contribution in [3.8, 4) is 5.75 Å². The molecule has 4 heteroatoms. The summed E-state index contributed by atoms with van der Waals surface area (Å²) in [6.07, 6.45) is -0.404. The lowest BCUT2D eigenvalue weighted by molar-refractivity contribution is -0.121. The second kappa shape index (κ2) is 4.31. The summed E-state index contributed by atoms with van der Waals surface area (Å²) in [5.74, 6) is 0.609. The van der Waals surface area contributed by atoms with Crippen molar-refractivity contribution in [2.24, 2.45) is 0 Å². The average Bonchev–Trinajstić information content (AvgIpc) is 3.01. The van der Waals surface area contributed by atoms with Crippen molar-refractivity contribution in [2.75, 3.05) is 6.61 Å². The predicted molar refractivity (Wildman–Crippen MR) is 54.4 cm³/mol. The molecule has 0 spiro atoms. The molecule has 0 saturated carbocycles. The molecule has 1 aliphatic heterocycles. The molecular weight excluding hydrogens is 194 g/mol. The van der Waals surface area contributed by atoms with E-state index in [2.05, 4.69) is 5.32 Å². The smallest absolute Gasteiger partial charge is 0.219 e.